The summed E-state index contributed by atoms with van der Waals surface area (Å²) in [5.74, 6) is 2.05. The van der Waals surface area contributed by atoms with Gasteiger partial charge in [0.25, 0.3) is 0 Å². The number of ether oxygens (including phenoxy) is 1. The van der Waals surface area contributed by atoms with Crippen LogP contribution in [0.5, 0.6) is 0 Å². The maximum Gasteiger partial charge on any atom is 0.225 e. The Morgan fingerprint density at radius 1 is 1.12 bits per heavy atom. The van der Waals surface area contributed by atoms with Crippen LogP contribution >= 0.6 is 0 Å². The summed E-state index contributed by atoms with van der Waals surface area (Å²) in [5, 5.41) is 10.7. The first-order valence-electron chi connectivity index (χ1n) is 9.80. The molecule has 6 heteroatoms. The van der Waals surface area contributed by atoms with E-state index < -0.39 is 0 Å². The van der Waals surface area contributed by atoms with Gasteiger partial charge in [-0.05, 0) is 36.7 Å². The fraction of sp³-hybridized carbons (Fsp3) is 0.789. The number of anilines is 1. The largest absolute Gasteiger partial charge is 0.391 e. The smallest absolute Gasteiger partial charge is 0.225 e. The normalized spacial score (nSPS) is 33.4. The quantitative estimate of drug-likeness (QED) is 0.888. The Morgan fingerprint density at radius 3 is 2.48 bits per heavy atom. The summed E-state index contributed by atoms with van der Waals surface area (Å²) in [6.45, 7) is 7.66. The molecular weight excluding hydrogens is 316 g/mol. The summed E-state index contributed by atoms with van der Waals surface area (Å²) >= 11 is 0. The van der Waals surface area contributed by atoms with Gasteiger partial charge in [0.1, 0.15) is 0 Å². The standard InChI is InChI=1S/C19H30N4O2/c1-2-3-14-10-20-19(21-11-14)23-12-15-8-17(18(24)9-16(15)13-23)22-4-6-25-7-5-22/h10-11,15-18,24H,2-9,12-13H2,1H3/t15-,16+,17-,18-/m1/s1. The number of aromatic nitrogens is 2. The number of aryl methyl sites for hydroxylation is 1. The fourth-order valence-corrected chi connectivity index (χ4v) is 4.80. The molecule has 4 atom stereocenters. The van der Waals surface area contributed by atoms with Crippen LogP contribution in [-0.4, -0.2) is 71.5 Å². The maximum absolute atomic E-state index is 10.7. The van der Waals surface area contributed by atoms with Gasteiger partial charge in [0.2, 0.25) is 5.95 Å². The molecule has 1 aliphatic carbocycles. The lowest BCUT2D eigenvalue weighted by atomic mass is 9.77. The van der Waals surface area contributed by atoms with Gasteiger partial charge in [-0.25, -0.2) is 9.97 Å². The molecule has 2 aliphatic heterocycles. The first kappa shape index (κ1) is 17.2. The zero-order chi connectivity index (χ0) is 17.2. The molecule has 4 rings (SSSR count). The van der Waals surface area contributed by atoms with Crippen LogP contribution in [-0.2, 0) is 11.2 Å². The minimum absolute atomic E-state index is 0.216. The molecule has 3 fully saturated rings. The Hall–Kier alpha value is -1.24. The topological polar surface area (TPSA) is 61.7 Å². The van der Waals surface area contributed by atoms with Crippen molar-refractivity contribution in [3.8, 4) is 0 Å². The Kier molecular flexibility index (Phi) is 5.20. The van der Waals surface area contributed by atoms with E-state index in [1.807, 2.05) is 12.4 Å². The molecule has 0 amide bonds. The van der Waals surface area contributed by atoms with E-state index in [0.717, 1.165) is 71.0 Å². The number of rotatable bonds is 4. The summed E-state index contributed by atoms with van der Waals surface area (Å²) in [5.41, 5.74) is 1.21. The van der Waals surface area contributed by atoms with E-state index in [9.17, 15) is 5.11 Å². The van der Waals surface area contributed by atoms with Crippen molar-refractivity contribution < 1.29 is 9.84 Å². The Labute approximate surface area is 150 Å². The van der Waals surface area contributed by atoms with Crippen molar-refractivity contribution in [2.24, 2.45) is 11.8 Å². The van der Waals surface area contributed by atoms with Crippen LogP contribution in [0.1, 0.15) is 31.7 Å². The number of aliphatic hydroxyl groups excluding tert-OH is 1. The molecule has 1 aromatic rings. The van der Waals surface area contributed by atoms with Crippen LogP contribution in [0.15, 0.2) is 12.4 Å². The van der Waals surface area contributed by atoms with Gasteiger partial charge in [-0.1, -0.05) is 13.3 Å². The van der Waals surface area contributed by atoms with Gasteiger partial charge in [0, 0.05) is 44.6 Å². The maximum atomic E-state index is 10.7. The third kappa shape index (κ3) is 3.66. The number of morpholine rings is 1. The molecule has 1 aromatic heterocycles. The molecule has 25 heavy (non-hydrogen) atoms. The Morgan fingerprint density at radius 2 is 1.80 bits per heavy atom. The van der Waals surface area contributed by atoms with Crippen LogP contribution in [0.2, 0.25) is 0 Å². The molecule has 1 N–H and O–H groups in total. The highest BCUT2D eigenvalue weighted by atomic mass is 16.5. The van der Waals surface area contributed by atoms with Crippen molar-refractivity contribution in [1.82, 2.24) is 14.9 Å². The Balaban J connectivity index is 1.40. The van der Waals surface area contributed by atoms with Gasteiger partial charge in [0.05, 0.1) is 19.3 Å². The highest BCUT2D eigenvalue weighted by Gasteiger charge is 2.44. The first-order chi connectivity index (χ1) is 12.2. The lowest BCUT2D eigenvalue weighted by molar-refractivity contribution is -0.0520. The second-order valence-electron chi connectivity index (χ2n) is 7.82. The van der Waals surface area contributed by atoms with Crippen molar-refractivity contribution in [3.63, 3.8) is 0 Å². The molecule has 0 bridgehead atoms. The minimum Gasteiger partial charge on any atom is -0.391 e. The van der Waals surface area contributed by atoms with Gasteiger partial charge < -0.3 is 14.7 Å². The molecule has 0 unspecified atom stereocenters. The Bertz CT molecular complexity index is 561. The van der Waals surface area contributed by atoms with Gasteiger partial charge in [0.15, 0.2) is 0 Å². The van der Waals surface area contributed by atoms with Gasteiger partial charge in [-0.2, -0.15) is 0 Å². The summed E-state index contributed by atoms with van der Waals surface area (Å²) in [6, 6.07) is 0.290. The van der Waals surface area contributed by atoms with Crippen LogP contribution in [0.3, 0.4) is 0 Å². The highest BCUT2D eigenvalue weighted by molar-refractivity contribution is 5.33. The lowest BCUT2D eigenvalue weighted by Gasteiger charge is -2.43. The van der Waals surface area contributed by atoms with E-state index in [0.29, 0.717) is 11.8 Å². The number of hydrogen-bond acceptors (Lipinski definition) is 6. The van der Waals surface area contributed by atoms with Crippen molar-refractivity contribution >= 4 is 5.95 Å². The molecule has 6 nitrogen and oxygen atoms in total. The predicted octanol–water partition coefficient (Wildman–Crippen LogP) is 1.34. The average Bonchev–Trinajstić information content (AvgIpc) is 3.05. The van der Waals surface area contributed by atoms with Crippen molar-refractivity contribution in [3.05, 3.63) is 18.0 Å². The molecule has 2 saturated heterocycles. The molecule has 1 saturated carbocycles. The van der Waals surface area contributed by atoms with Gasteiger partial charge in [-0.3, -0.25) is 4.90 Å². The summed E-state index contributed by atoms with van der Waals surface area (Å²) in [6.07, 6.45) is 7.87. The second kappa shape index (κ2) is 7.56. The highest BCUT2D eigenvalue weighted by Crippen LogP contribution is 2.39. The van der Waals surface area contributed by atoms with Gasteiger partial charge >= 0.3 is 0 Å². The fourth-order valence-electron chi connectivity index (χ4n) is 4.80. The van der Waals surface area contributed by atoms with Crippen LogP contribution in [0.4, 0.5) is 5.95 Å². The molecule has 0 spiro atoms. The van der Waals surface area contributed by atoms with Crippen LogP contribution < -0.4 is 4.90 Å². The molecule has 3 heterocycles. The van der Waals surface area contributed by atoms with Gasteiger partial charge in [-0.15, -0.1) is 0 Å². The van der Waals surface area contributed by atoms with Crippen molar-refractivity contribution in [1.29, 1.82) is 0 Å². The van der Waals surface area contributed by atoms with E-state index in [1.54, 1.807) is 0 Å². The SMILES string of the molecule is CCCc1cnc(N2C[C@H]3C[C@@H](N4CCOCC4)[C@H](O)C[C@H]3C2)nc1. The van der Waals surface area contributed by atoms with E-state index >= 15 is 0 Å². The third-order valence-corrected chi connectivity index (χ3v) is 6.14. The predicted molar refractivity (Wildman–Crippen MR) is 96.6 cm³/mol. The second-order valence-corrected chi connectivity index (χ2v) is 7.82. The summed E-state index contributed by atoms with van der Waals surface area (Å²) in [7, 11) is 0. The summed E-state index contributed by atoms with van der Waals surface area (Å²) < 4.78 is 5.47. The zero-order valence-corrected chi connectivity index (χ0v) is 15.2. The number of hydrogen-bond donors (Lipinski definition) is 1. The van der Waals surface area contributed by atoms with E-state index in [-0.39, 0.29) is 12.1 Å². The van der Waals surface area contributed by atoms with E-state index in [4.69, 9.17) is 4.74 Å². The van der Waals surface area contributed by atoms with Crippen LogP contribution in [0.25, 0.3) is 0 Å². The number of fused-ring (bicyclic) bond motifs is 1. The van der Waals surface area contributed by atoms with Crippen LogP contribution in [0, 0.1) is 11.8 Å². The first-order valence-corrected chi connectivity index (χ1v) is 9.80. The zero-order valence-electron chi connectivity index (χ0n) is 15.2. The average molecular weight is 346 g/mol. The molecular formula is C19H30N4O2. The molecule has 138 valence electrons. The van der Waals surface area contributed by atoms with Crippen molar-refractivity contribution in [2.75, 3.05) is 44.3 Å². The minimum atomic E-state index is -0.216. The molecule has 3 aliphatic rings. The molecule has 0 aromatic carbocycles. The van der Waals surface area contributed by atoms with E-state index in [1.165, 1.54) is 5.56 Å². The third-order valence-electron chi connectivity index (χ3n) is 6.14. The summed E-state index contributed by atoms with van der Waals surface area (Å²) in [4.78, 5) is 13.9. The van der Waals surface area contributed by atoms with E-state index in [2.05, 4.69) is 26.7 Å². The number of aliphatic hydroxyl groups is 1. The number of nitrogens with zero attached hydrogens (tertiary/aromatic N) is 4. The lowest BCUT2D eigenvalue weighted by Crippen LogP contribution is -2.53. The molecule has 0 radical (unpaired) electrons. The monoisotopic (exact) mass is 346 g/mol. The van der Waals surface area contributed by atoms with Crippen molar-refractivity contribution in [2.45, 2.75) is 44.8 Å².